The van der Waals surface area contributed by atoms with E-state index in [1.807, 2.05) is 0 Å². The van der Waals surface area contributed by atoms with Gasteiger partial charge in [0, 0.05) is 19.2 Å². The minimum absolute atomic E-state index is 0.0347. The molecule has 0 aliphatic heterocycles. The topological polar surface area (TPSA) is 79.5 Å². The maximum atomic E-state index is 12.0. The van der Waals surface area contributed by atoms with Gasteiger partial charge in [-0.05, 0) is 37.0 Å². The molecule has 132 valence electrons. The molecular weight excluding hydrogens is 306 g/mol. The van der Waals surface area contributed by atoms with Crippen molar-refractivity contribution in [1.82, 2.24) is 5.32 Å². The van der Waals surface area contributed by atoms with Crippen LogP contribution in [-0.2, 0) is 9.59 Å². The van der Waals surface area contributed by atoms with Crippen LogP contribution < -0.4 is 20.7 Å². The number of anilines is 2. The van der Waals surface area contributed by atoms with Gasteiger partial charge < -0.3 is 20.7 Å². The van der Waals surface area contributed by atoms with Crippen molar-refractivity contribution in [2.75, 3.05) is 30.8 Å². The summed E-state index contributed by atoms with van der Waals surface area (Å²) >= 11 is 0. The van der Waals surface area contributed by atoms with Gasteiger partial charge in [0.05, 0.1) is 19.3 Å². The van der Waals surface area contributed by atoms with Crippen LogP contribution in [0.4, 0.5) is 11.4 Å². The summed E-state index contributed by atoms with van der Waals surface area (Å²) in [5.41, 5.74) is 1.34. The molecule has 0 saturated heterocycles. The highest BCUT2D eigenvalue weighted by atomic mass is 16.5. The average molecular weight is 333 g/mol. The lowest BCUT2D eigenvalue weighted by atomic mass is 9.89. The van der Waals surface area contributed by atoms with Crippen LogP contribution >= 0.6 is 0 Å². The van der Waals surface area contributed by atoms with Gasteiger partial charge >= 0.3 is 0 Å². The molecule has 2 rings (SSSR count). The molecule has 0 spiro atoms. The molecule has 1 fully saturated rings. The van der Waals surface area contributed by atoms with Crippen LogP contribution in [0.5, 0.6) is 5.75 Å². The summed E-state index contributed by atoms with van der Waals surface area (Å²) in [6.07, 6.45) is 6.27. The van der Waals surface area contributed by atoms with Crippen LogP contribution in [0, 0.1) is 5.92 Å². The van der Waals surface area contributed by atoms with Crippen LogP contribution in [0.25, 0.3) is 0 Å². The summed E-state index contributed by atoms with van der Waals surface area (Å²) in [7, 11) is 1.57. The van der Waals surface area contributed by atoms with E-state index in [1.54, 1.807) is 25.3 Å². The molecule has 1 saturated carbocycles. The fourth-order valence-electron chi connectivity index (χ4n) is 3.01. The molecule has 0 radical (unpaired) electrons. The molecule has 0 aromatic heterocycles. The summed E-state index contributed by atoms with van der Waals surface area (Å²) in [6, 6.07) is 5.27. The number of amides is 2. The molecular formula is C18H27N3O3. The number of carbonyl (C=O) groups excluding carboxylic acids is 2. The number of rotatable bonds is 7. The van der Waals surface area contributed by atoms with E-state index in [1.165, 1.54) is 39.0 Å². The van der Waals surface area contributed by atoms with Crippen LogP contribution in [0.1, 0.15) is 39.0 Å². The van der Waals surface area contributed by atoms with Crippen LogP contribution in [0.15, 0.2) is 18.2 Å². The highest BCUT2D eigenvalue weighted by Crippen LogP contribution is 2.27. The van der Waals surface area contributed by atoms with E-state index in [9.17, 15) is 9.59 Å². The van der Waals surface area contributed by atoms with Crippen molar-refractivity contribution in [2.24, 2.45) is 5.92 Å². The second kappa shape index (κ2) is 9.15. The maximum Gasteiger partial charge on any atom is 0.239 e. The maximum absolute atomic E-state index is 12.0. The molecule has 24 heavy (non-hydrogen) atoms. The number of ether oxygens (including phenoxy) is 1. The van der Waals surface area contributed by atoms with Crippen molar-refractivity contribution >= 4 is 23.2 Å². The van der Waals surface area contributed by atoms with E-state index < -0.39 is 0 Å². The highest BCUT2D eigenvalue weighted by Gasteiger charge is 2.14. The third-order valence-electron chi connectivity index (χ3n) is 4.27. The number of benzene rings is 1. The van der Waals surface area contributed by atoms with E-state index in [-0.39, 0.29) is 18.4 Å². The zero-order chi connectivity index (χ0) is 17.4. The van der Waals surface area contributed by atoms with Crippen molar-refractivity contribution in [3.05, 3.63) is 18.2 Å². The summed E-state index contributed by atoms with van der Waals surface area (Å²) < 4.78 is 5.29. The van der Waals surface area contributed by atoms with Gasteiger partial charge in [0.1, 0.15) is 5.75 Å². The SMILES string of the molecule is COc1ccc(NC(C)=O)cc1NCC(=O)NCC1CCCCC1. The monoisotopic (exact) mass is 333 g/mol. The number of nitrogens with one attached hydrogen (secondary N) is 3. The van der Waals surface area contributed by atoms with Crippen LogP contribution in [0.3, 0.4) is 0 Å². The Bertz CT molecular complexity index is 569. The molecule has 2 amide bonds. The Morgan fingerprint density at radius 2 is 1.96 bits per heavy atom. The number of carbonyl (C=O) groups is 2. The second-order valence-electron chi connectivity index (χ2n) is 6.26. The Kier molecular flexibility index (Phi) is 6.90. The molecule has 0 unspecified atom stereocenters. The first-order chi connectivity index (χ1) is 11.6. The van der Waals surface area contributed by atoms with Crippen LogP contribution in [0.2, 0.25) is 0 Å². The molecule has 0 heterocycles. The third kappa shape index (κ3) is 5.76. The fraction of sp³-hybridized carbons (Fsp3) is 0.556. The molecule has 6 nitrogen and oxygen atoms in total. The zero-order valence-corrected chi connectivity index (χ0v) is 14.5. The van der Waals surface area contributed by atoms with Crippen molar-refractivity contribution < 1.29 is 14.3 Å². The van der Waals surface area contributed by atoms with Crippen LogP contribution in [-0.4, -0.2) is 32.0 Å². The summed E-state index contributed by atoms with van der Waals surface area (Å²) in [6.45, 7) is 2.38. The van der Waals surface area contributed by atoms with Crippen molar-refractivity contribution in [1.29, 1.82) is 0 Å². The van der Waals surface area contributed by atoms with E-state index in [2.05, 4.69) is 16.0 Å². The van der Waals surface area contributed by atoms with E-state index in [0.29, 0.717) is 23.0 Å². The van der Waals surface area contributed by atoms with E-state index >= 15 is 0 Å². The molecule has 0 atom stereocenters. The van der Waals surface area contributed by atoms with Gasteiger partial charge in [-0.2, -0.15) is 0 Å². The number of hydrogen-bond donors (Lipinski definition) is 3. The number of methoxy groups -OCH3 is 1. The van der Waals surface area contributed by atoms with Gasteiger partial charge in [0.15, 0.2) is 0 Å². The molecule has 1 aliphatic carbocycles. The normalized spacial score (nSPS) is 14.8. The van der Waals surface area contributed by atoms with Gasteiger partial charge in [-0.3, -0.25) is 9.59 Å². The van der Waals surface area contributed by atoms with Crippen molar-refractivity contribution in [3.8, 4) is 5.75 Å². The Labute approximate surface area is 143 Å². The predicted molar refractivity (Wildman–Crippen MR) is 95.4 cm³/mol. The predicted octanol–water partition coefficient (Wildman–Crippen LogP) is 2.76. The smallest absolute Gasteiger partial charge is 0.239 e. The number of hydrogen-bond acceptors (Lipinski definition) is 4. The van der Waals surface area contributed by atoms with E-state index in [0.717, 1.165) is 6.54 Å². The Balaban J connectivity index is 1.84. The Hall–Kier alpha value is -2.24. The lowest BCUT2D eigenvalue weighted by molar-refractivity contribution is -0.119. The fourth-order valence-corrected chi connectivity index (χ4v) is 3.01. The first kappa shape index (κ1) is 18.1. The van der Waals surface area contributed by atoms with Gasteiger partial charge in [-0.15, -0.1) is 0 Å². The Morgan fingerprint density at radius 3 is 2.62 bits per heavy atom. The molecule has 6 heteroatoms. The standard InChI is InChI=1S/C18H27N3O3/c1-13(22)21-15-8-9-17(24-2)16(10-15)19-12-18(23)20-11-14-6-4-3-5-7-14/h8-10,14,19H,3-7,11-12H2,1-2H3,(H,20,23)(H,21,22). The highest BCUT2D eigenvalue weighted by molar-refractivity contribution is 5.90. The van der Waals surface area contributed by atoms with Gasteiger partial charge in [-0.25, -0.2) is 0 Å². The van der Waals surface area contributed by atoms with Crippen molar-refractivity contribution in [3.63, 3.8) is 0 Å². The molecule has 3 N–H and O–H groups in total. The zero-order valence-electron chi connectivity index (χ0n) is 14.5. The summed E-state index contributed by atoms with van der Waals surface area (Å²) in [4.78, 5) is 23.2. The average Bonchev–Trinajstić information content (AvgIpc) is 2.58. The van der Waals surface area contributed by atoms with E-state index in [4.69, 9.17) is 4.74 Å². The largest absolute Gasteiger partial charge is 0.495 e. The van der Waals surface area contributed by atoms with Gasteiger partial charge in [0.2, 0.25) is 11.8 Å². The molecule has 1 aromatic rings. The molecule has 1 aromatic carbocycles. The minimum atomic E-state index is -0.142. The molecule has 0 bridgehead atoms. The second-order valence-corrected chi connectivity index (χ2v) is 6.26. The minimum Gasteiger partial charge on any atom is -0.495 e. The summed E-state index contributed by atoms with van der Waals surface area (Å²) in [5, 5.41) is 8.79. The first-order valence-electron chi connectivity index (χ1n) is 8.54. The third-order valence-corrected chi connectivity index (χ3v) is 4.27. The quantitative estimate of drug-likeness (QED) is 0.717. The lowest BCUT2D eigenvalue weighted by Crippen LogP contribution is -2.34. The van der Waals surface area contributed by atoms with Gasteiger partial charge in [-0.1, -0.05) is 19.3 Å². The first-order valence-corrected chi connectivity index (χ1v) is 8.54. The van der Waals surface area contributed by atoms with Gasteiger partial charge in [0.25, 0.3) is 0 Å². The summed E-state index contributed by atoms with van der Waals surface area (Å²) in [5.74, 6) is 1.06. The van der Waals surface area contributed by atoms with Crippen molar-refractivity contribution in [2.45, 2.75) is 39.0 Å². The molecule has 1 aliphatic rings. The Morgan fingerprint density at radius 1 is 1.21 bits per heavy atom. The lowest BCUT2D eigenvalue weighted by Gasteiger charge is -2.21.